The lowest BCUT2D eigenvalue weighted by atomic mass is 10.1. The highest BCUT2D eigenvalue weighted by Crippen LogP contribution is 2.55. The normalized spacial score (nSPS) is 27.5. The molecule has 358 valence electrons. The minimum Gasteiger partial charge on any atom is -0.778 e. The van der Waals surface area contributed by atoms with Gasteiger partial charge in [0.15, 0.2) is 23.7 Å². The molecule has 7 rings (SSSR count). The molecule has 38 heteroatoms. The number of aryl methyl sites for hydroxylation is 2. The number of nitrogens with zero attached hydrogens (tertiary/aromatic N) is 9. The van der Waals surface area contributed by atoms with Gasteiger partial charge < -0.3 is 74.6 Å². The first-order valence-electron chi connectivity index (χ1n) is 18.4. The Bertz CT molecular complexity index is 2890. The highest BCUT2D eigenvalue weighted by molar-refractivity contribution is 7.62. The van der Waals surface area contributed by atoms with Crippen LogP contribution in [0, 0.1) is 0 Å². The number of aromatic amines is 2. The molecule has 7 heterocycles. The van der Waals surface area contributed by atoms with Crippen LogP contribution in [-0.2, 0) is 65.4 Å². The quantitative estimate of drug-likeness (QED) is 0.0274. The number of aromatic nitrogens is 11. The number of imidazole rings is 2. The maximum absolute atomic E-state index is 12.6. The summed E-state index contributed by atoms with van der Waals surface area (Å²) in [5.74, 6) is -0.570. The molecular weight excluding hydrogens is 964 g/mol. The molecule has 0 aliphatic carbocycles. The van der Waals surface area contributed by atoms with Crippen LogP contribution in [0.2, 0.25) is 0 Å². The second kappa shape index (κ2) is 18.4. The van der Waals surface area contributed by atoms with Crippen LogP contribution in [0.3, 0.4) is 0 Å². The average molecular weight is 1000 g/mol. The maximum Gasteiger partial charge on any atom is 0.313 e. The fourth-order valence-electron chi connectivity index (χ4n) is 6.62. The molecule has 0 radical (unpaired) electrons. The molecule has 0 saturated carbocycles. The smallest absolute Gasteiger partial charge is 0.313 e. The first-order valence-corrected chi connectivity index (χ1v) is 24.6. The summed E-state index contributed by atoms with van der Waals surface area (Å²) in [7, 11) is -20.5. The van der Waals surface area contributed by atoms with Crippen molar-refractivity contribution < 1.29 is 90.0 Å². The predicted molar refractivity (Wildman–Crippen MR) is 201 cm³/mol. The third-order valence-corrected chi connectivity index (χ3v) is 15.3. The summed E-state index contributed by atoms with van der Waals surface area (Å²) in [6, 6.07) is 0. The summed E-state index contributed by atoms with van der Waals surface area (Å²) in [5, 5.41) is 51.3. The molecule has 2 fully saturated rings. The Morgan fingerprint density at radius 2 is 1.52 bits per heavy atom. The van der Waals surface area contributed by atoms with Gasteiger partial charge in [0.25, 0.3) is 32.7 Å². The molecule has 2 aliphatic rings. The van der Waals surface area contributed by atoms with Crippen molar-refractivity contribution in [3.05, 3.63) is 45.3 Å². The molecule has 0 spiro atoms. The van der Waals surface area contributed by atoms with Crippen molar-refractivity contribution in [2.75, 3.05) is 37.4 Å². The van der Waals surface area contributed by atoms with Gasteiger partial charge >= 0.3 is 5.65 Å². The molecule has 0 aromatic carbocycles. The monoisotopic (exact) mass is 1000 g/mol. The molecule has 65 heavy (non-hydrogen) atoms. The van der Waals surface area contributed by atoms with Crippen LogP contribution >= 0.6 is 31.0 Å². The van der Waals surface area contributed by atoms with Crippen molar-refractivity contribution in [1.29, 1.82) is 0 Å². The van der Waals surface area contributed by atoms with Gasteiger partial charge in [0.2, 0.25) is 25.4 Å². The first kappa shape index (κ1) is 48.7. The average Bonchev–Trinajstić information content (AvgIpc) is 4.01. The van der Waals surface area contributed by atoms with Gasteiger partial charge in [-0.05, 0) is 0 Å². The van der Waals surface area contributed by atoms with Crippen LogP contribution in [0.1, 0.15) is 18.1 Å². The standard InChI is InChI=1S/C27H40N14O20P4/c1-38-10-41(21-15(38)23(47)35-27(29)33-21)25-19(45)17(43)13(59-25)7-56-64(52,53)60-62(48,49)5-2-11-6-39(37-36-11)4-3-31-63(50,51)61-65(54,55)57-8-12-16(42)18(44)24(58-12)40-9-30-14-20(40)32-26(28)34-22(14)46/h6,9-10,12-13,16-19,24-25,42-45H,2-5,7-8H2,1H3,(H10-,28,29,31,32,33,34,35,46,47,48,49,50,51,52,53,54,55)/p-3/t12-,13-,16?,17?,18+,19+,24-,25-/m1/s1. The number of hydrogen-bond donors (Lipinski definition) is 9. The van der Waals surface area contributed by atoms with Gasteiger partial charge in [0.1, 0.15) is 44.2 Å². The van der Waals surface area contributed by atoms with Crippen molar-refractivity contribution in [3.63, 3.8) is 0 Å². The van der Waals surface area contributed by atoms with E-state index >= 15 is 0 Å². The molecule has 2 saturated heterocycles. The van der Waals surface area contributed by atoms with Gasteiger partial charge in [-0.1, -0.05) is 10.2 Å². The topological polar surface area (TPSA) is 510 Å². The zero-order valence-corrected chi connectivity index (χ0v) is 36.5. The van der Waals surface area contributed by atoms with E-state index in [1.54, 1.807) is 0 Å². The van der Waals surface area contributed by atoms with Crippen LogP contribution in [0.5, 0.6) is 0 Å². The fourth-order valence-corrected chi connectivity index (χ4v) is 11.4. The number of nitrogens with one attached hydrogen (secondary N) is 3. The van der Waals surface area contributed by atoms with Gasteiger partial charge in [0, 0.05) is 25.3 Å². The number of phosphoric acid groups is 2. The molecule has 6 unspecified atom stereocenters. The molecular formula is C27H37N14O20P4-3. The summed E-state index contributed by atoms with van der Waals surface area (Å²) in [6.07, 6.45) is -11.0. The SMILES string of the molecule is Cn1c[n+]([C@@H]2O[C@H](COP(=O)([O-])OP(=O)([O-])CCc3cn(CCNP(=O)([O-])OP(=O)([O-])OC[C@H]4O[C@@H](n5cnc6c(=O)[nH]c(N)nc65)[C@@H](O)C4O)nn3)C(O)[C@@H]2O)c2nc(N)[nH]c(=O)c21. The van der Waals surface area contributed by atoms with E-state index < -0.39 is 124 Å². The number of nitrogens with two attached hydrogens (primary N) is 2. The van der Waals surface area contributed by atoms with E-state index in [-0.39, 0.29) is 46.5 Å². The van der Waals surface area contributed by atoms with Crippen LogP contribution in [0.4, 0.5) is 11.9 Å². The van der Waals surface area contributed by atoms with Crippen LogP contribution < -0.4 is 51.8 Å². The molecule has 11 N–H and O–H groups in total. The molecule has 0 bridgehead atoms. The predicted octanol–water partition coefficient (Wildman–Crippen LogP) is -7.47. The number of aliphatic hydroxyl groups excluding tert-OH is 4. The van der Waals surface area contributed by atoms with E-state index in [2.05, 4.69) is 52.9 Å². The lowest BCUT2D eigenvalue weighted by molar-refractivity contribution is -0.745. The lowest BCUT2D eigenvalue weighted by Gasteiger charge is -2.32. The molecule has 5 aromatic rings. The van der Waals surface area contributed by atoms with E-state index in [1.165, 1.54) is 22.5 Å². The van der Waals surface area contributed by atoms with Gasteiger partial charge in [-0.2, -0.15) is 4.98 Å². The Morgan fingerprint density at radius 3 is 2.23 bits per heavy atom. The first-order chi connectivity index (χ1) is 30.3. The van der Waals surface area contributed by atoms with E-state index in [4.69, 9.17) is 20.9 Å². The van der Waals surface area contributed by atoms with Crippen LogP contribution in [-0.4, -0.2) is 132 Å². The van der Waals surface area contributed by atoms with Gasteiger partial charge in [-0.3, -0.25) is 60.8 Å². The summed E-state index contributed by atoms with van der Waals surface area (Å²) in [6.45, 7) is -2.95. The largest absolute Gasteiger partial charge is 0.778 e. The van der Waals surface area contributed by atoms with Crippen molar-refractivity contribution in [3.8, 4) is 0 Å². The lowest BCUT2D eigenvalue weighted by Crippen LogP contribution is -2.46. The van der Waals surface area contributed by atoms with E-state index in [1.807, 2.05) is 5.09 Å². The summed E-state index contributed by atoms with van der Waals surface area (Å²) in [5.41, 5.74) is 9.45. The Kier molecular flexibility index (Phi) is 13.8. The zero-order valence-electron chi connectivity index (χ0n) is 32.9. The number of nitrogen functional groups attached to an aromatic ring is 2. The number of phosphoric ester groups is 2. The number of aliphatic hydroxyl groups is 4. The Balaban J connectivity index is 0.838. The van der Waals surface area contributed by atoms with Gasteiger partial charge in [0.05, 0.1) is 38.8 Å². The summed E-state index contributed by atoms with van der Waals surface area (Å²) in [4.78, 5) is 90.5. The van der Waals surface area contributed by atoms with Crippen LogP contribution in [0.15, 0.2) is 28.4 Å². The van der Waals surface area contributed by atoms with Crippen molar-refractivity contribution in [2.24, 2.45) is 7.05 Å². The van der Waals surface area contributed by atoms with Crippen molar-refractivity contribution in [2.45, 2.75) is 62.0 Å². The minimum atomic E-state index is -5.68. The Morgan fingerprint density at radius 1 is 0.892 bits per heavy atom. The van der Waals surface area contributed by atoms with Gasteiger partial charge in [-0.15, -0.1) is 5.10 Å². The Hall–Kier alpha value is -4.24. The molecule has 0 amide bonds. The second-order valence-electron chi connectivity index (χ2n) is 14.2. The summed E-state index contributed by atoms with van der Waals surface area (Å²) >= 11 is 0. The van der Waals surface area contributed by atoms with Crippen molar-refractivity contribution in [1.82, 2.24) is 54.1 Å². The van der Waals surface area contributed by atoms with E-state index in [0.29, 0.717) is 0 Å². The van der Waals surface area contributed by atoms with Gasteiger partial charge in [-0.25, -0.2) is 9.55 Å². The number of anilines is 2. The molecule has 12 atom stereocenters. The van der Waals surface area contributed by atoms with E-state index in [9.17, 15) is 67.8 Å². The molecule has 5 aromatic heterocycles. The third kappa shape index (κ3) is 11.0. The highest BCUT2D eigenvalue weighted by atomic mass is 31.3. The summed E-state index contributed by atoms with van der Waals surface area (Å²) < 4.78 is 83.1. The number of hydrogen-bond acceptors (Lipinski definition) is 27. The number of rotatable bonds is 19. The van der Waals surface area contributed by atoms with E-state index in [0.717, 1.165) is 21.8 Å². The maximum atomic E-state index is 12.6. The number of ether oxygens (including phenoxy) is 2. The highest BCUT2D eigenvalue weighted by Gasteiger charge is 2.48. The molecule has 34 nitrogen and oxygen atoms in total. The second-order valence-corrected chi connectivity index (χ2v) is 20.8. The zero-order chi connectivity index (χ0) is 47.4. The number of fused-ring (bicyclic) bond motifs is 2. The minimum absolute atomic E-state index is 0.0245. The third-order valence-electron chi connectivity index (χ3n) is 9.56. The fraction of sp³-hybridized carbons (Fsp3) is 0.556. The molecule has 2 aliphatic heterocycles. The van der Waals surface area contributed by atoms with Crippen molar-refractivity contribution >= 4 is 65.2 Å². The number of H-pyrrole nitrogens is 2. The van der Waals surface area contributed by atoms with Crippen LogP contribution in [0.25, 0.3) is 22.3 Å². The Labute approximate surface area is 360 Å².